The molecule has 0 saturated carbocycles. The van der Waals surface area contributed by atoms with Crippen molar-refractivity contribution in [3.63, 3.8) is 0 Å². The highest BCUT2D eigenvalue weighted by molar-refractivity contribution is 6.33. The van der Waals surface area contributed by atoms with E-state index in [2.05, 4.69) is 243 Å². The van der Waals surface area contributed by atoms with Crippen molar-refractivity contribution >= 4 is 60.2 Å². The lowest BCUT2D eigenvalue weighted by Crippen LogP contribution is -2.10. The molecule has 0 aliphatic rings. The second kappa shape index (κ2) is 15.1. The van der Waals surface area contributed by atoms with Gasteiger partial charge in [0.25, 0.3) is 0 Å². The van der Waals surface area contributed by atoms with Gasteiger partial charge in [-0.2, -0.15) is 0 Å². The second-order valence-electron chi connectivity index (χ2n) is 16.2. The van der Waals surface area contributed by atoms with Gasteiger partial charge in [-0.1, -0.05) is 193 Å². The summed E-state index contributed by atoms with van der Waals surface area (Å²) in [4.78, 5) is 2.39. The lowest BCUT2D eigenvalue weighted by molar-refractivity contribution is 1.27. The predicted molar refractivity (Wildman–Crippen MR) is 262 cm³/mol. The highest BCUT2D eigenvalue weighted by atomic mass is 15.1. The van der Waals surface area contributed by atoms with Crippen LogP contribution >= 0.6 is 0 Å². The Bertz CT molecular complexity index is 3330. The fourth-order valence-corrected chi connectivity index (χ4v) is 9.40. The zero-order chi connectivity index (χ0) is 40.9. The lowest BCUT2D eigenvalue weighted by atomic mass is 9.81. The standard InChI is InChI=1S/C60H43N/c1-40-24-32-47(33-25-40)61(48-34-26-41(2)27-35-48)49-36-37-54-57(38-49)52-21-11-12-22-53(52)59-56(43-14-5-3-6-15-43)39-55(58(60(54)59)46-17-7-4-8-18-46)45-30-28-44(29-31-45)51-23-13-19-42-16-9-10-20-50(42)51/h3-39H,1-2H3. The molecule has 0 N–H and O–H groups in total. The predicted octanol–water partition coefficient (Wildman–Crippen LogP) is 17.1. The molecule has 0 radical (unpaired) electrons. The summed E-state index contributed by atoms with van der Waals surface area (Å²) < 4.78 is 0. The average Bonchev–Trinajstić information content (AvgIpc) is 3.32. The van der Waals surface area contributed by atoms with E-state index >= 15 is 0 Å². The van der Waals surface area contributed by atoms with E-state index in [4.69, 9.17) is 0 Å². The van der Waals surface area contributed by atoms with E-state index in [0.717, 1.165) is 17.1 Å². The fourth-order valence-electron chi connectivity index (χ4n) is 9.40. The molecule has 0 saturated heterocycles. The third-order valence-corrected chi connectivity index (χ3v) is 12.4. The normalized spacial score (nSPS) is 11.4. The number of rotatable bonds is 7. The summed E-state index contributed by atoms with van der Waals surface area (Å²) in [5.41, 5.74) is 15.6. The highest BCUT2D eigenvalue weighted by Crippen LogP contribution is 2.50. The molecule has 0 unspecified atom stereocenters. The Morgan fingerprint density at radius 1 is 0.279 bits per heavy atom. The number of fused-ring (bicyclic) bond motifs is 7. The molecule has 0 atom stereocenters. The van der Waals surface area contributed by atoms with E-state index in [9.17, 15) is 0 Å². The molecule has 1 heteroatoms. The largest absolute Gasteiger partial charge is 0.310 e. The van der Waals surface area contributed by atoms with E-state index in [1.807, 2.05) is 0 Å². The van der Waals surface area contributed by atoms with Crippen molar-refractivity contribution in [2.24, 2.45) is 0 Å². The van der Waals surface area contributed by atoms with Gasteiger partial charge in [0.2, 0.25) is 0 Å². The second-order valence-corrected chi connectivity index (χ2v) is 16.2. The molecule has 11 aromatic carbocycles. The minimum absolute atomic E-state index is 1.12. The Morgan fingerprint density at radius 2 is 0.770 bits per heavy atom. The third kappa shape index (κ3) is 6.43. The van der Waals surface area contributed by atoms with Gasteiger partial charge >= 0.3 is 0 Å². The summed E-state index contributed by atoms with van der Waals surface area (Å²) in [7, 11) is 0. The maximum atomic E-state index is 2.45. The van der Waals surface area contributed by atoms with E-state index in [1.165, 1.54) is 98.7 Å². The van der Waals surface area contributed by atoms with Crippen molar-refractivity contribution in [2.75, 3.05) is 4.90 Å². The van der Waals surface area contributed by atoms with Gasteiger partial charge in [-0.05, 0) is 144 Å². The molecular weight excluding hydrogens is 735 g/mol. The number of aryl methyl sites for hydroxylation is 2. The lowest BCUT2D eigenvalue weighted by Gasteiger charge is -2.27. The Hall–Kier alpha value is -7.74. The molecule has 0 aliphatic carbocycles. The Morgan fingerprint density at radius 3 is 1.43 bits per heavy atom. The van der Waals surface area contributed by atoms with Crippen LogP contribution in [0.4, 0.5) is 17.1 Å². The molecular formula is C60H43N. The van der Waals surface area contributed by atoms with Gasteiger partial charge in [0.15, 0.2) is 0 Å². The van der Waals surface area contributed by atoms with Crippen molar-refractivity contribution in [3.05, 3.63) is 236 Å². The SMILES string of the molecule is Cc1ccc(N(c2ccc(C)cc2)c2ccc3c(c2)c2ccccc2c2c(-c4ccccc4)cc(-c4ccc(-c5cccc6ccccc56)cc4)c(-c4ccccc4)c32)cc1. The first-order valence-corrected chi connectivity index (χ1v) is 21.2. The van der Waals surface area contributed by atoms with Crippen LogP contribution in [-0.2, 0) is 0 Å². The zero-order valence-electron chi connectivity index (χ0n) is 34.3. The van der Waals surface area contributed by atoms with Crippen molar-refractivity contribution in [1.82, 2.24) is 0 Å². The van der Waals surface area contributed by atoms with E-state index in [1.54, 1.807) is 0 Å². The first kappa shape index (κ1) is 36.3. The minimum Gasteiger partial charge on any atom is -0.310 e. The average molecular weight is 778 g/mol. The van der Waals surface area contributed by atoms with Gasteiger partial charge in [-0.25, -0.2) is 0 Å². The number of benzene rings is 11. The molecule has 11 rings (SSSR count). The van der Waals surface area contributed by atoms with E-state index in [0.29, 0.717) is 0 Å². The van der Waals surface area contributed by atoms with Crippen LogP contribution in [0.15, 0.2) is 224 Å². The number of hydrogen-bond donors (Lipinski definition) is 0. The molecule has 0 heterocycles. The topological polar surface area (TPSA) is 3.24 Å². The minimum atomic E-state index is 1.12. The van der Waals surface area contributed by atoms with Crippen molar-refractivity contribution in [3.8, 4) is 44.5 Å². The third-order valence-electron chi connectivity index (χ3n) is 12.4. The highest BCUT2D eigenvalue weighted by Gasteiger charge is 2.23. The molecule has 0 spiro atoms. The zero-order valence-corrected chi connectivity index (χ0v) is 34.3. The van der Waals surface area contributed by atoms with Crippen LogP contribution in [0.25, 0.3) is 87.6 Å². The number of anilines is 3. The van der Waals surface area contributed by atoms with Gasteiger partial charge in [-0.3, -0.25) is 0 Å². The van der Waals surface area contributed by atoms with Gasteiger partial charge in [0.1, 0.15) is 0 Å². The van der Waals surface area contributed by atoms with Gasteiger partial charge in [-0.15, -0.1) is 0 Å². The van der Waals surface area contributed by atoms with Gasteiger partial charge < -0.3 is 4.90 Å². The van der Waals surface area contributed by atoms with Crippen molar-refractivity contribution in [2.45, 2.75) is 13.8 Å². The van der Waals surface area contributed by atoms with Crippen LogP contribution in [0.1, 0.15) is 11.1 Å². The molecule has 1 nitrogen and oxygen atoms in total. The summed E-state index contributed by atoms with van der Waals surface area (Å²) >= 11 is 0. The molecule has 11 aromatic rings. The first-order valence-electron chi connectivity index (χ1n) is 21.2. The molecule has 288 valence electrons. The van der Waals surface area contributed by atoms with Gasteiger partial charge in [0, 0.05) is 17.1 Å². The first-order chi connectivity index (χ1) is 30.1. The van der Waals surface area contributed by atoms with Gasteiger partial charge in [0.05, 0.1) is 0 Å². The van der Waals surface area contributed by atoms with Crippen LogP contribution in [0.3, 0.4) is 0 Å². The maximum Gasteiger partial charge on any atom is 0.0468 e. The smallest absolute Gasteiger partial charge is 0.0468 e. The van der Waals surface area contributed by atoms with Crippen LogP contribution < -0.4 is 4.90 Å². The summed E-state index contributed by atoms with van der Waals surface area (Å²) in [6, 6.07) is 82.8. The number of hydrogen-bond acceptors (Lipinski definition) is 1. The van der Waals surface area contributed by atoms with Crippen LogP contribution in [-0.4, -0.2) is 0 Å². The molecule has 0 aromatic heterocycles. The van der Waals surface area contributed by atoms with E-state index < -0.39 is 0 Å². The van der Waals surface area contributed by atoms with Crippen LogP contribution in [0.5, 0.6) is 0 Å². The maximum absolute atomic E-state index is 2.45. The summed E-state index contributed by atoms with van der Waals surface area (Å²) in [5, 5.41) is 9.99. The molecule has 0 aliphatic heterocycles. The number of nitrogens with zero attached hydrogens (tertiary/aromatic N) is 1. The monoisotopic (exact) mass is 777 g/mol. The van der Waals surface area contributed by atoms with Crippen LogP contribution in [0.2, 0.25) is 0 Å². The fraction of sp³-hybridized carbons (Fsp3) is 0.0333. The Balaban J connectivity index is 1.23. The van der Waals surface area contributed by atoms with Crippen LogP contribution in [0, 0.1) is 13.8 Å². The van der Waals surface area contributed by atoms with Crippen molar-refractivity contribution < 1.29 is 0 Å². The molecule has 0 amide bonds. The molecule has 0 fully saturated rings. The molecule has 61 heavy (non-hydrogen) atoms. The summed E-state index contributed by atoms with van der Waals surface area (Å²) in [5.74, 6) is 0. The summed E-state index contributed by atoms with van der Waals surface area (Å²) in [6.07, 6.45) is 0. The Kier molecular flexibility index (Phi) is 9.02. The Labute approximate surface area is 357 Å². The quantitative estimate of drug-likeness (QED) is 0.146. The van der Waals surface area contributed by atoms with Crippen molar-refractivity contribution in [1.29, 1.82) is 0 Å². The van der Waals surface area contributed by atoms with E-state index in [-0.39, 0.29) is 0 Å². The summed E-state index contributed by atoms with van der Waals surface area (Å²) in [6.45, 7) is 4.30. The molecule has 0 bridgehead atoms.